The molecule has 3 heterocycles. The summed E-state index contributed by atoms with van der Waals surface area (Å²) in [6, 6.07) is 7.72. The quantitative estimate of drug-likeness (QED) is 0.774. The SMILES string of the molecule is Cc1cc(C)n(-c2ccc(=O)n(C(C)C(=O)Nc3ncccc3C)n2)n1. The second kappa shape index (κ2) is 6.91. The van der Waals surface area contributed by atoms with Crippen LogP contribution in [0.4, 0.5) is 5.82 Å². The first-order valence-electron chi connectivity index (χ1n) is 8.23. The fourth-order valence-corrected chi connectivity index (χ4v) is 2.62. The fourth-order valence-electron chi connectivity index (χ4n) is 2.62. The summed E-state index contributed by atoms with van der Waals surface area (Å²) in [6.07, 6.45) is 1.60. The molecule has 0 bridgehead atoms. The van der Waals surface area contributed by atoms with Crippen molar-refractivity contribution in [3.63, 3.8) is 0 Å². The van der Waals surface area contributed by atoms with Crippen molar-refractivity contribution in [1.29, 1.82) is 0 Å². The van der Waals surface area contributed by atoms with E-state index >= 15 is 0 Å². The first-order valence-corrected chi connectivity index (χ1v) is 8.23. The summed E-state index contributed by atoms with van der Waals surface area (Å²) in [7, 11) is 0. The van der Waals surface area contributed by atoms with Gasteiger partial charge < -0.3 is 5.32 Å². The molecule has 8 heteroatoms. The molecule has 134 valence electrons. The number of aromatic nitrogens is 5. The third-order valence-electron chi connectivity index (χ3n) is 4.03. The molecule has 0 aliphatic heterocycles. The van der Waals surface area contributed by atoms with Gasteiger partial charge in [0.25, 0.3) is 5.56 Å². The molecule has 1 unspecified atom stereocenters. The average Bonchev–Trinajstić information content (AvgIpc) is 2.95. The summed E-state index contributed by atoms with van der Waals surface area (Å²) in [5.74, 6) is 0.572. The normalized spacial score (nSPS) is 12.0. The summed E-state index contributed by atoms with van der Waals surface area (Å²) >= 11 is 0. The van der Waals surface area contributed by atoms with E-state index in [9.17, 15) is 9.59 Å². The topological polar surface area (TPSA) is 94.7 Å². The second-order valence-electron chi connectivity index (χ2n) is 6.15. The Hall–Kier alpha value is -3.29. The predicted octanol–water partition coefficient (Wildman–Crippen LogP) is 1.95. The largest absolute Gasteiger partial charge is 0.309 e. The van der Waals surface area contributed by atoms with Crippen LogP contribution in [0.2, 0.25) is 0 Å². The Morgan fingerprint density at radius 2 is 1.92 bits per heavy atom. The van der Waals surface area contributed by atoms with E-state index < -0.39 is 6.04 Å². The average molecular weight is 352 g/mol. The summed E-state index contributed by atoms with van der Waals surface area (Å²) in [6.45, 7) is 7.25. The number of rotatable bonds is 4. The van der Waals surface area contributed by atoms with Crippen molar-refractivity contribution >= 4 is 11.7 Å². The number of hydrogen-bond donors (Lipinski definition) is 1. The number of nitrogens with zero attached hydrogens (tertiary/aromatic N) is 5. The summed E-state index contributed by atoms with van der Waals surface area (Å²) < 4.78 is 2.79. The van der Waals surface area contributed by atoms with Gasteiger partial charge in [0.15, 0.2) is 5.82 Å². The maximum absolute atomic E-state index is 12.6. The van der Waals surface area contributed by atoms with E-state index in [1.54, 1.807) is 29.9 Å². The minimum Gasteiger partial charge on any atom is -0.309 e. The number of carbonyl (C=O) groups excluding carboxylic acids is 1. The monoisotopic (exact) mass is 352 g/mol. The lowest BCUT2D eigenvalue weighted by Gasteiger charge is -2.15. The molecule has 8 nitrogen and oxygen atoms in total. The van der Waals surface area contributed by atoms with E-state index in [1.807, 2.05) is 32.9 Å². The molecule has 0 fully saturated rings. The Morgan fingerprint density at radius 1 is 1.15 bits per heavy atom. The Kier molecular flexibility index (Phi) is 4.66. The van der Waals surface area contributed by atoms with Crippen LogP contribution < -0.4 is 10.9 Å². The van der Waals surface area contributed by atoms with E-state index in [0.717, 1.165) is 21.6 Å². The Balaban J connectivity index is 1.91. The van der Waals surface area contributed by atoms with Crippen molar-refractivity contribution < 1.29 is 4.79 Å². The van der Waals surface area contributed by atoms with Gasteiger partial charge in [-0.05, 0) is 51.5 Å². The Morgan fingerprint density at radius 3 is 2.58 bits per heavy atom. The molecular formula is C18H20N6O2. The standard InChI is InChI=1S/C18H20N6O2/c1-11-6-5-9-19-17(11)20-18(26)14(4)24-16(25)8-7-15(22-24)23-13(3)10-12(2)21-23/h5-10,14H,1-4H3,(H,19,20,26). The summed E-state index contributed by atoms with van der Waals surface area (Å²) in [5, 5.41) is 11.4. The van der Waals surface area contributed by atoms with E-state index in [4.69, 9.17) is 0 Å². The molecule has 1 amide bonds. The van der Waals surface area contributed by atoms with E-state index in [2.05, 4.69) is 20.5 Å². The molecule has 0 spiro atoms. The molecule has 0 saturated heterocycles. The molecule has 26 heavy (non-hydrogen) atoms. The van der Waals surface area contributed by atoms with Gasteiger partial charge in [-0.2, -0.15) is 5.10 Å². The zero-order valence-corrected chi connectivity index (χ0v) is 15.1. The molecule has 3 rings (SSSR count). The van der Waals surface area contributed by atoms with Gasteiger partial charge in [-0.3, -0.25) is 9.59 Å². The predicted molar refractivity (Wildman–Crippen MR) is 97.4 cm³/mol. The number of nitrogens with one attached hydrogen (secondary N) is 1. The number of aryl methyl sites for hydroxylation is 3. The highest BCUT2D eigenvalue weighted by Gasteiger charge is 2.19. The van der Waals surface area contributed by atoms with Crippen LogP contribution in [0, 0.1) is 20.8 Å². The van der Waals surface area contributed by atoms with Crippen molar-refractivity contribution in [1.82, 2.24) is 24.5 Å². The highest BCUT2D eigenvalue weighted by molar-refractivity contribution is 5.93. The lowest BCUT2D eigenvalue weighted by atomic mass is 10.2. The maximum atomic E-state index is 12.6. The number of anilines is 1. The van der Waals surface area contributed by atoms with Gasteiger partial charge in [0.2, 0.25) is 5.91 Å². The van der Waals surface area contributed by atoms with Crippen molar-refractivity contribution in [3.8, 4) is 5.82 Å². The van der Waals surface area contributed by atoms with Crippen LogP contribution in [-0.2, 0) is 4.79 Å². The molecule has 3 aromatic rings. The third kappa shape index (κ3) is 3.39. The van der Waals surface area contributed by atoms with Gasteiger partial charge >= 0.3 is 0 Å². The molecule has 0 aromatic carbocycles. The zero-order valence-electron chi connectivity index (χ0n) is 15.1. The minimum absolute atomic E-state index is 0.365. The highest BCUT2D eigenvalue weighted by Crippen LogP contribution is 2.13. The van der Waals surface area contributed by atoms with Gasteiger partial charge in [0.1, 0.15) is 11.9 Å². The first kappa shape index (κ1) is 17.5. The summed E-state index contributed by atoms with van der Waals surface area (Å²) in [4.78, 5) is 28.9. The van der Waals surface area contributed by atoms with E-state index in [0.29, 0.717) is 11.6 Å². The minimum atomic E-state index is -0.805. The number of amides is 1. The molecule has 3 aromatic heterocycles. The van der Waals surface area contributed by atoms with Gasteiger partial charge in [-0.15, -0.1) is 5.10 Å². The van der Waals surface area contributed by atoms with Crippen molar-refractivity contribution in [2.45, 2.75) is 33.7 Å². The van der Waals surface area contributed by atoms with Gasteiger partial charge in [0.05, 0.1) is 5.69 Å². The van der Waals surface area contributed by atoms with Crippen molar-refractivity contribution in [2.75, 3.05) is 5.32 Å². The first-order chi connectivity index (χ1) is 12.4. The Labute approximate surface area is 150 Å². The molecule has 0 aliphatic rings. The van der Waals surface area contributed by atoms with E-state index in [-0.39, 0.29) is 11.5 Å². The smallest absolute Gasteiger partial charge is 0.267 e. The van der Waals surface area contributed by atoms with E-state index in [1.165, 1.54) is 6.07 Å². The summed E-state index contributed by atoms with van der Waals surface area (Å²) in [5.41, 5.74) is 2.21. The van der Waals surface area contributed by atoms with Crippen LogP contribution in [0.5, 0.6) is 0 Å². The van der Waals surface area contributed by atoms with Crippen LogP contribution in [0.25, 0.3) is 5.82 Å². The molecule has 1 atom stereocenters. The zero-order chi connectivity index (χ0) is 18.8. The Bertz CT molecular complexity index is 1020. The molecule has 0 saturated carbocycles. The van der Waals surface area contributed by atoms with Crippen LogP contribution in [0.15, 0.2) is 41.3 Å². The van der Waals surface area contributed by atoms with Crippen molar-refractivity contribution in [2.24, 2.45) is 0 Å². The van der Waals surface area contributed by atoms with Gasteiger partial charge in [-0.1, -0.05) is 6.07 Å². The molecule has 1 N–H and O–H groups in total. The lowest BCUT2D eigenvalue weighted by Crippen LogP contribution is -2.34. The number of pyridine rings is 1. The van der Waals surface area contributed by atoms with Crippen molar-refractivity contribution in [3.05, 3.63) is 63.8 Å². The van der Waals surface area contributed by atoms with Crippen LogP contribution >= 0.6 is 0 Å². The second-order valence-corrected chi connectivity index (χ2v) is 6.15. The van der Waals surface area contributed by atoms with Crippen LogP contribution in [-0.4, -0.2) is 30.5 Å². The maximum Gasteiger partial charge on any atom is 0.267 e. The fraction of sp³-hybridized carbons (Fsp3) is 0.278. The van der Waals surface area contributed by atoms with Gasteiger partial charge in [0, 0.05) is 18.0 Å². The molecule has 0 radical (unpaired) electrons. The van der Waals surface area contributed by atoms with Crippen LogP contribution in [0.1, 0.15) is 29.9 Å². The lowest BCUT2D eigenvalue weighted by molar-refractivity contribution is -0.119. The number of hydrogen-bond acceptors (Lipinski definition) is 5. The van der Waals surface area contributed by atoms with Crippen LogP contribution in [0.3, 0.4) is 0 Å². The highest BCUT2D eigenvalue weighted by atomic mass is 16.2. The number of carbonyl (C=O) groups is 1. The van der Waals surface area contributed by atoms with Gasteiger partial charge in [-0.25, -0.2) is 14.3 Å². The third-order valence-corrected chi connectivity index (χ3v) is 4.03. The molecule has 0 aliphatic carbocycles. The molecular weight excluding hydrogens is 332 g/mol.